The highest BCUT2D eigenvalue weighted by atomic mass is 16.2. The summed E-state index contributed by atoms with van der Waals surface area (Å²) in [6.07, 6.45) is 3.96. The SMILES string of the molecule is Cc1cccc(C[NH+]2CC[NH+](CN3C(=O)C(=O)N([C@@H]4CCCC[C@@H]4C)C3=O)CC2)c1. The van der Waals surface area contributed by atoms with Crippen molar-refractivity contribution in [2.24, 2.45) is 5.92 Å². The van der Waals surface area contributed by atoms with Crippen LogP contribution in [0, 0.1) is 12.8 Å². The lowest BCUT2D eigenvalue weighted by Crippen LogP contribution is -3.28. The third-order valence-electron chi connectivity index (χ3n) is 7.06. The molecule has 3 aliphatic rings. The zero-order chi connectivity index (χ0) is 21.3. The minimum absolute atomic E-state index is 0.127. The maximum absolute atomic E-state index is 13.0. The van der Waals surface area contributed by atoms with Gasteiger partial charge in [-0.25, -0.2) is 9.69 Å². The van der Waals surface area contributed by atoms with E-state index in [-0.39, 0.29) is 12.0 Å². The van der Waals surface area contributed by atoms with Gasteiger partial charge in [0.15, 0.2) is 6.67 Å². The molecule has 162 valence electrons. The van der Waals surface area contributed by atoms with Crippen LogP contribution in [0.25, 0.3) is 0 Å². The van der Waals surface area contributed by atoms with Gasteiger partial charge in [0.2, 0.25) is 0 Å². The molecule has 0 bridgehead atoms. The molecular weight excluding hydrogens is 380 g/mol. The van der Waals surface area contributed by atoms with Crippen molar-refractivity contribution in [1.82, 2.24) is 9.80 Å². The van der Waals surface area contributed by atoms with Gasteiger partial charge in [-0.3, -0.25) is 14.5 Å². The summed E-state index contributed by atoms with van der Waals surface area (Å²) in [5, 5.41) is 0. The minimum atomic E-state index is -0.639. The van der Waals surface area contributed by atoms with E-state index in [0.29, 0.717) is 6.67 Å². The Bertz CT molecular complexity index is 818. The Morgan fingerprint density at radius 2 is 1.67 bits per heavy atom. The summed E-state index contributed by atoms with van der Waals surface area (Å²) in [5.41, 5.74) is 2.63. The summed E-state index contributed by atoms with van der Waals surface area (Å²) < 4.78 is 0. The number of benzene rings is 1. The summed E-state index contributed by atoms with van der Waals surface area (Å²) in [4.78, 5) is 43.3. The Labute approximate surface area is 178 Å². The number of nitrogens with one attached hydrogen (secondary N) is 2. The zero-order valence-electron chi connectivity index (χ0n) is 18.2. The van der Waals surface area contributed by atoms with Gasteiger partial charge in [0, 0.05) is 11.6 Å². The fourth-order valence-electron chi connectivity index (χ4n) is 5.26. The molecule has 1 aromatic carbocycles. The first-order valence-electron chi connectivity index (χ1n) is 11.4. The van der Waals surface area contributed by atoms with Gasteiger partial charge >= 0.3 is 17.8 Å². The standard InChI is InChI=1S/C23H32N4O3/c1-17-6-5-8-19(14-17)15-24-10-12-25(13-11-24)16-26-21(28)22(29)27(23(26)30)20-9-4-3-7-18(20)2/h5-6,8,14,18,20H,3-4,7,9-13,15-16H2,1-2H3/p+2/t18-,20+/m0/s1. The number of urea groups is 1. The quantitative estimate of drug-likeness (QED) is 0.509. The van der Waals surface area contributed by atoms with Gasteiger partial charge in [0.05, 0.1) is 0 Å². The molecule has 2 saturated heterocycles. The van der Waals surface area contributed by atoms with E-state index in [0.717, 1.165) is 58.4 Å². The Balaban J connectivity index is 1.33. The van der Waals surface area contributed by atoms with Crippen molar-refractivity contribution >= 4 is 17.8 Å². The molecule has 0 unspecified atom stereocenters. The van der Waals surface area contributed by atoms with Crippen molar-refractivity contribution in [2.75, 3.05) is 32.8 Å². The molecule has 2 N–H and O–H groups in total. The van der Waals surface area contributed by atoms with Gasteiger partial charge < -0.3 is 9.80 Å². The highest BCUT2D eigenvalue weighted by Gasteiger charge is 2.50. The van der Waals surface area contributed by atoms with E-state index in [4.69, 9.17) is 0 Å². The molecule has 0 aromatic heterocycles. The number of carbonyl (C=O) groups is 3. The van der Waals surface area contributed by atoms with E-state index in [1.807, 2.05) is 0 Å². The average Bonchev–Trinajstić information content (AvgIpc) is 2.93. The first-order valence-corrected chi connectivity index (χ1v) is 11.4. The Kier molecular flexibility index (Phi) is 6.20. The molecule has 30 heavy (non-hydrogen) atoms. The summed E-state index contributed by atoms with van der Waals surface area (Å²) in [6.45, 7) is 9.29. The lowest BCUT2D eigenvalue weighted by Gasteiger charge is -2.34. The molecule has 4 rings (SSSR count). The number of aryl methyl sites for hydroxylation is 1. The highest BCUT2D eigenvalue weighted by Crippen LogP contribution is 2.30. The van der Waals surface area contributed by atoms with Crippen LogP contribution in [0.3, 0.4) is 0 Å². The highest BCUT2D eigenvalue weighted by molar-refractivity contribution is 6.44. The summed E-state index contributed by atoms with van der Waals surface area (Å²) in [7, 11) is 0. The van der Waals surface area contributed by atoms with E-state index in [2.05, 4.69) is 38.1 Å². The van der Waals surface area contributed by atoms with Gasteiger partial charge in [-0.1, -0.05) is 49.6 Å². The molecule has 0 radical (unpaired) electrons. The number of rotatable bonds is 5. The van der Waals surface area contributed by atoms with E-state index in [1.54, 1.807) is 0 Å². The van der Waals surface area contributed by atoms with E-state index >= 15 is 0 Å². The smallest absolute Gasteiger partial charge is 0.322 e. The first kappa shape index (κ1) is 21.0. The lowest BCUT2D eigenvalue weighted by molar-refractivity contribution is -1.02. The largest absolute Gasteiger partial charge is 0.338 e. The Morgan fingerprint density at radius 3 is 2.37 bits per heavy atom. The number of imide groups is 2. The van der Waals surface area contributed by atoms with Crippen LogP contribution in [0.15, 0.2) is 24.3 Å². The van der Waals surface area contributed by atoms with Crippen LogP contribution in [0.1, 0.15) is 43.7 Å². The van der Waals surface area contributed by atoms with Crippen LogP contribution in [0.4, 0.5) is 4.79 Å². The fourth-order valence-corrected chi connectivity index (χ4v) is 5.26. The number of hydrogen-bond donors (Lipinski definition) is 2. The van der Waals surface area contributed by atoms with Crippen LogP contribution < -0.4 is 9.80 Å². The van der Waals surface area contributed by atoms with Crippen molar-refractivity contribution in [3.8, 4) is 0 Å². The Hall–Kier alpha value is -2.25. The van der Waals surface area contributed by atoms with Gasteiger partial charge in [-0.05, 0) is 25.7 Å². The number of nitrogens with zero attached hydrogens (tertiary/aromatic N) is 2. The second-order valence-electron chi connectivity index (χ2n) is 9.34. The van der Waals surface area contributed by atoms with Crippen LogP contribution in [0.2, 0.25) is 0 Å². The van der Waals surface area contributed by atoms with Gasteiger partial charge in [0.25, 0.3) is 0 Å². The molecule has 4 amide bonds. The molecule has 2 atom stereocenters. The predicted molar refractivity (Wildman–Crippen MR) is 112 cm³/mol. The maximum atomic E-state index is 13.0. The maximum Gasteiger partial charge on any atom is 0.338 e. The molecule has 7 nitrogen and oxygen atoms in total. The summed E-state index contributed by atoms with van der Waals surface area (Å²) >= 11 is 0. The molecule has 1 saturated carbocycles. The first-order chi connectivity index (χ1) is 14.4. The second kappa shape index (κ2) is 8.86. The predicted octanol–water partition coefficient (Wildman–Crippen LogP) is -0.395. The van der Waals surface area contributed by atoms with Crippen LogP contribution in [-0.2, 0) is 16.1 Å². The van der Waals surface area contributed by atoms with Gasteiger partial charge in [-0.15, -0.1) is 0 Å². The fraction of sp³-hybridized carbons (Fsp3) is 0.609. The van der Waals surface area contributed by atoms with Crippen LogP contribution in [0.5, 0.6) is 0 Å². The number of hydrogen-bond acceptors (Lipinski definition) is 3. The summed E-state index contributed by atoms with van der Waals surface area (Å²) in [5.74, 6) is -0.998. The van der Waals surface area contributed by atoms with Crippen molar-refractivity contribution in [1.29, 1.82) is 0 Å². The molecule has 7 heteroatoms. The summed E-state index contributed by atoms with van der Waals surface area (Å²) in [6, 6.07) is 8.10. The second-order valence-corrected chi connectivity index (χ2v) is 9.34. The monoisotopic (exact) mass is 414 g/mol. The number of amides is 4. The van der Waals surface area contributed by atoms with Crippen molar-refractivity contribution in [3.05, 3.63) is 35.4 Å². The zero-order valence-corrected chi connectivity index (χ0v) is 18.2. The number of carbonyl (C=O) groups excluding carboxylic acids is 3. The van der Waals surface area contributed by atoms with Crippen molar-refractivity contribution in [3.63, 3.8) is 0 Å². The lowest BCUT2D eigenvalue weighted by atomic mass is 9.85. The molecule has 0 spiro atoms. The third-order valence-corrected chi connectivity index (χ3v) is 7.06. The molecule has 2 heterocycles. The topological polar surface area (TPSA) is 66.6 Å². The van der Waals surface area contributed by atoms with Crippen molar-refractivity contribution in [2.45, 2.75) is 52.1 Å². The molecule has 1 aromatic rings. The van der Waals surface area contributed by atoms with Crippen LogP contribution in [-0.4, -0.2) is 66.5 Å². The minimum Gasteiger partial charge on any atom is -0.322 e. The van der Waals surface area contributed by atoms with E-state index < -0.39 is 17.8 Å². The molecule has 1 aliphatic carbocycles. The number of piperazine rings is 1. The van der Waals surface area contributed by atoms with Crippen molar-refractivity contribution < 1.29 is 24.2 Å². The molecule has 3 fully saturated rings. The van der Waals surface area contributed by atoms with Gasteiger partial charge in [0.1, 0.15) is 32.7 Å². The molecule has 2 aliphatic heterocycles. The third kappa shape index (κ3) is 4.27. The molecular formula is C23H34N4O3+2. The van der Waals surface area contributed by atoms with Crippen LogP contribution >= 0.6 is 0 Å². The van der Waals surface area contributed by atoms with Gasteiger partial charge in [-0.2, -0.15) is 0 Å². The normalized spacial score (nSPS) is 30.3. The average molecular weight is 415 g/mol. The van der Waals surface area contributed by atoms with E-state index in [9.17, 15) is 14.4 Å². The Morgan fingerprint density at radius 1 is 0.967 bits per heavy atom. The van der Waals surface area contributed by atoms with E-state index in [1.165, 1.54) is 30.7 Å². The number of quaternary nitrogens is 2.